The number of hydrogen-bond acceptors (Lipinski definition) is 3. The van der Waals surface area contributed by atoms with E-state index in [1.807, 2.05) is 12.4 Å². The van der Waals surface area contributed by atoms with Crippen molar-refractivity contribution in [3.05, 3.63) is 47.8 Å². The molecule has 1 saturated heterocycles. The van der Waals surface area contributed by atoms with Crippen LogP contribution in [0.2, 0.25) is 0 Å². The Labute approximate surface area is 133 Å². The van der Waals surface area contributed by atoms with Crippen LogP contribution >= 0.6 is 0 Å². The molecule has 0 amide bonds. The Hall–Kier alpha value is -1.68. The van der Waals surface area contributed by atoms with Crippen molar-refractivity contribution in [2.45, 2.75) is 46.2 Å². The van der Waals surface area contributed by atoms with Gasteiger partial charge in [-0.2, -0.15) is 0 Å². The highest BCUT2D eigenvalue weighted by Crippen LogP contribution is 2.20. The molecular formula is C18H26N4. The van der Waals surface area contributed by atoms with Gasteiger partial charge in [-0.3, -0.25) is 9.88 Å². The third-order valence-electron chi connectivity index (χ3n) is 4.66. The van der Waals surface area contributed by atoms with Crippen LogP contribution in [0.4, 0.5) is 0 Å². The van der Waals surface area contributed by atoms with Crippen molar-refractivity contribution in [2.24, 2.45) is 5.92 Å². The van der Waals surface area contributed by atoms with Gasteiger partial charge in [-0.25, -0.2) is 4.98 Å². The minimum atomic E-state index is 0.719. The third kappa shape index (κ3) is 3.74. The lowest BCUT2D eigenvalue weighted by atomic mass is 9.97. The van der Waals surface area contributed by atoms with Crippen molar-refractivity contribution in [3.63, 3.8) is 0 Å². The molecular weight excluding hydrogens is 272 g/mol. The van der Waals surface area contributed by atoms with E-state index in [0.29, 0.717) is 0 Å². The Balaban J connectivity index is 1.57. The molecule has 3 rings (SSSR count). The molecule has 2 aromatic heterocycles. The molecule has 4 nitrogen and oxygen atoms in total. The Morgan fingerprint density at radius 1 is 1.27 bits per heavy atom. The van der Waals surface area contributed by atoms with E-state index in [4.69, 9.17) is 0 Å². The molecule has 0 radical (unpaired) electrons. The lowest BCUT2D eigenvalue weighted by Gasteiger charge is -2.32. The SMILES string of the molecule is CCc1ccc(CN2CCC[C@@H](Cn3ccnc3C)C2)nc1. The Bertz CT molecular complexity index is 587. The van der Waals surface area contributed by atoms with Gasteiger partial charge in [0.1, 0.15) is 5.82 Å². The lowest BCUT2D eigenvalue weighted by Crippen LogP contribution is -2.36. The van der Waals surface area contributed by atoms with Crippen LogP contribution in [-0.4, -0.2) is 32.5 Å². The van der Waals surface area contributed by atoms with Gasteiger partial charge >= 0.3 is 0 Å². The molecule has 22 heavy (non-hydrogen) atoms. The predicted molar refractivity (Wildman–Crippen MR) is 88.6 cm³/mol. The standard InChI is InChI=1S/C18H26N4/c1-3-16-6-7-18(20-11-16)14-21-9-4-5-17(12-21)13-22-10-8-19-15(22)2/h6-8,10-11,17H,3-5,9,12-14H2,1-2H3/t17-/m1/s1. The first-order valence-electron chi connectivity index (χ1n) is 8.38. The number of aryl methyl sites for hydroxylation is 2. The summed E-state index contributed by atoms with van der Waals surface area (Å²) in [7, 11) is 0. The fraction of sp³-hybridized carbons (Fsp3) is 0.556. The summed E-state index contributed by atoms with van der Waals surface area (Å²) in [6.07, 6.45) is 9.67. The van der Waals surface area contributed by atoms with E-state index < -0.39 is 0 Å². The van der Waals surface area contributed by atoms with Crippen LogP contribution in [0, 0.1) is 12.8 Å². The van der Waals surface area contributed by atoms with Crippen molar-refractivity contribution >= 4 is 0 Å². The van der Waals surface area contributed by atoms with Crippen LogP contribution in [-0.2, 0) is 19.5 Å². The van der Waals surface area contributed by atoms with Crippen LogP contribution in [0.25, 0.3) is 0 Å². The van der Waals surface area contributed by atoms with Gasteiger partial charge < -0.3 is 4.57 Å². The number of aromatic nitrogens is 3. The molecule has 1 atom stereocenters. The Morgan fingerprint density at radius 3 is 2.86 bits per heavy atom. The normalized spacial score (nSPS) is 19.5. The highest BCUT2D eigenvalue weighted by molar-refractivity contribution is 5.13. The molecule has 4 heteroatoms. The topological polar surface area (TPSA) is 34.0 Å². The summed E-state index contributed by atoms with van der Waals surface area (Å²) in [5, 5.41) is 0. The first-order chi connectivity index (χ1) is 10.7. The quantitative estimate of drug-likeness (QED) is 0.851. The number of imidazole rings is 1. The van der Waals surface area contributed by atoms with Crippen molar-refractivity contribution in [2.75, 3.05) is 13.1 Å². The van der Waals surface area contributed by atoms with Crippen molar-refractivity contribution in [1.82, 2.24) is 19.4 Å². The molecule has 1 fully saturated rings. The number of nitrogens with zero attached hydrogens (tertiary/aromatic N) is 4. The second kappa shape index (κ2) is 7.05. The molecule has 0 N–H and O–H groups in total. The smallest absolute Gasteiger partial charge is 0.105 e. The minimum Gasteiger partial charge on any atom is -0.335 e. The summed E-state index contributed by atoms with van der Waals surface area (Å²) >= 11 is 0. The zero-order chi connectivity index (χ0) is 15.4. The van der Waals surface area contributed by atoms with Gasteiger partial charge in [0.15, 0.2) is 0 Å². The first kappa shape index (κ1) is 15.2. The monoisotopic (exact) mass is 298 g/mol. The van der Waals surface area contributed by atoms with Crippen molar-refractivity contribution in [1.29, 1.82) is 0 Å². The molecule has 0 aromatic carbocycles. The fourth-order valence-corrected chi connectivity index (χ4v) is 3.31. The first-order valence-corrected chi connectivity index (χ1v) is 8.38. The summed E-state index contributed by atoms with van der Waals surface area (Å²) in [6, 6.07) is 4.39. The second-order valence-electron chi connectivity index (χ2n) is 6.38. The van der Waals surface area contributed by atoms with E-state index in [9.17, 15) is 0 Å². The average Bonchev–Trinajstić information content (AvgIpc) is 2.94. The summed E-state index contributed by atoms with van der Waals surface area (Å²) in [4.78, 5) is 11.5. The van der Waals surface area contributed by atoms with Crippen molar-refractivity contribution in [3.8, 4) is 0 Å². The molecule has 0 spiro atoms. The fourth-order valence-electron chi connectivity index (χ4n) is 3.31. The summed E-state index contributed by atoms with van der Waals surface area (Å²) < 4.78 is 2.28. The van der Waals surface area contributed by atoms with Gasteiger partial charge in [0.25, 0.3) is 0 Å². The van der Waals surface area contributed by atoms with Gasteiger partial charge in [0.05, 0.1) is 5.69 Å². The van der Waals surface area contributed by atoms with Gasteiger partial charge in [-0.1, -0.05) is 13.0 Å². The largest absolute Gasteiger partial charge is 0.335 e. The Kier molecular flexibility index (Phi) is 4.88. The van der Waals surface area contributed by atoms with Crippen LogP contribution in [0.3, 0.4) is 0 Å². The molecule has 0 saturated carbocycles. The zero-order valence-electron chi connectivity index (χ0n) is 13.7. The van der Waals surface area contributed by atoms with Crippen LogP contribution < -0.4 is 0 Å². The van der Waals surface area contributed by atoms with Gasteiger partial charge in [0, 0.05) is 38.2 Å². The predicted octanol–water partition coefficient (Wildman–Crippen LogP) is 3.06. The second-order valence-corrected chi connectivity index (χ2v) is 6.38. The van der Waals surface area contributed by atoms with E-state index in [1.165, 1.54) is 30.6 Å². The van der Waals surface area contributed by atoms with E-state index in [1.54, 1.807) is 0 Å². The van der Waals surface area contributed by atoms with E-state index in [2.05, 4.69) is 51.6 Å². The molecule has 118 valence electrons. The maximum absolute atomic E-state index is 4.60. The summed E-state index contributed by atoms with van der Waals surface area (Å²) in [5.41, 5.74) is 2.51. The number of pyridine rings is 1. The summed E-state index contributed by atoms with van der Waals surface area (Å²) in [6.45, 7) is 8.67. The zero-order valence-corrected chi connectivity index (χ0v) is 13.7. The molecule has 0 unspecified atom stereocenters. The minimum absolute atomic E-state index is 0.719. The third-order valence-corrected chi connectivity index (χ3v) is 4.66. The van der Waals surface area contributed by atoms with E-state index >= 15 is 0 Å². The maximum Gasteiger partial charge on any atom is 0.105 e. The number of likely N-dealkylation sites (tertiary alicyclic amines) is 1. The Morgan fingerprint density at radius 2 is 2.18 bits per heavy atom. The average molecular weight is 298 g/mol. The van der Waals surface area contributed by atoms with Crippen molar-refractivity contribution < 1.29 is 0 Å². The molecule has 0 aliphatic carbocycles. The van der Waals surface area contributed by atoms with Gasteiger partial charge in [-0.05, 0) is 50.3 Å². The molecule has 1 aliphatic rings. The van der Waals surface area contributed by atoms with Crippen LogP contribution in [0.5, 0.6) is 0 Å². The molecule has 0 bridgehead atoms. The highest BCUT2D eigenvalue weighted by atomic mass is 15.1. The number of hydrogen-bond donors (Lipinski definition) is 0. The highest BCUT2D eigenvalue weighted by Gasteiger charge is 2.21. The molecule has 1 aliphatic heterocycles. The number of rotatable bonds is 5. The van der Waals surface area contributed by atoms with Gasteiger partial charge in [-0.15, -0.1) is 0 Å². The molecule has 3 heterocycles. The number of piperidine rings is 1. The van der Waals surface area contributed by atoms with E-state index in [-0.39, 0.29) is 0 Å². The lowest BCUT2D eigenvalue weighted by molar-refractivity contribution is 0.154. The summed E-state index contributed by atoms with van der Waals surface area (Å²) in [5.74, 6) is 1.84. The van der Waals surface area contributed by atoms with Crippen LogP contribution in [0.1, 0.15) is 36.8 Å². The maximum atomic E-state index is 4.60. The van der Waals surface area contributed by atoms with Gasteiger partial charge in [0.2, 0.25) is 0 Å². The molecule has 2 aromatic rings. The van der Waals surface area contributed by atoms with Crippen LogP contribution in [0.15, 0.2) is 30.7 Å². The van der Waals surface area contributed by atoms with E-state index in [0.717, 1.165) is 37.8 Å².